The monoisotopic (exact) mass is 437 g/mol. The van der Waals surface area contributed by atoms with Crippen molar-refractivity contribution >= 4 is 16.1 Å². The van der Waals surface area contributed by atoms with Crippen LogP contribution in [0.15, 0.2) is 30.4 Å². The van der Waals surface area contributed by atoms with Crippen LogP contribution >= 0.6 is 0 Å². The number of allylic oxidation sites excluding steroid dienone is 1. The summed E-state index contributed by atoms with van der Waals surface area (Å²) in [5, 5.41) is 2.72. The lowest BCUT2D eigenvalue weighted by Crippen LogP contribution is -2.36. The summed E-state index contributed by atoms with van der Waals surface area (Å²) in [5.41, 5.74) is 0.0792. The van der Waals surface area contributed by atoms with Crippen molar-refractivity contribution in [3.05, 3.63) is 41.7 Å². The zero-order chi connectivity index (χ0) is 21.2. The largest absolute Gasteiger partial charge is 0.490 e. The average Bonchev–Trinajstić information content (AvgIpc) is 3.62. The maximum Gasteiger partial charge on any atom is 0.317 e. The van der Waals surface area contributed by atoms with Gasteiger partial charge in [0.2, 0.25) is 10.0 Å². The molecular weight excluding hydrogens is 409 g/mol. The van der Waals surface area contributed by atoms with Crippen molar-refractivity contribution < 1.29 is 22.3 Å². The highest BCUT2D eigenvalue weighted by molar-refractivity contribution is 7.89. The van der Waals surface area contributed by atoms with Gasteiger partial charge in [0.05, 0.1) is 17.9 Å². The first-order valence-electron chi connectivity index (χ1n) is 10.5. The Hall–Kier alpha value is -2.13. The fraction of sp³-hybridized carbons (Fsp3) is 0.571. The number of hydrogen-bond acceptors (Lipinski definition) is 4. The molecule has 2 aliphatic carbocycles. The molecular formula is C21H28FN3O4S. The van der Waals surface area contributed by atoms with E-state index in [1.807, 2.05) is 6.08 Å². The van der Waals surface area contributed by atoms with Crippen molar-refractivity contribution in [2.75, 3.05) is 32.0 Å². The van der Waals surface area contributed by atoms with Crippen LogP contribution < -0.4 is 14.8 Å². The van der Waals surface area contributed by atoms with E-state index in [1.54, 1.807) is 23.1 Å². The van der Waals surface area contributed by atoms with E-state index in [-0.39, 0.29) is 17.5 Å². The number of benzene rings is 1. The molecule has 4 rings (SSSR count). The summed E-state index contributed by atoms with van der Waals surface area (Å²) in [6, 6.07) is 4.53. The molecule has 7 nitrogen and oxygen atoms in total. The first-order valence-corrected chi connectivity index (χ1v) is 12.1. The molecule has 1 aromatic carbocycles. The Morgan fingerprint density at radius 3 is 2.77 bits per heavy atom. The zero-order valence-electron chi connectivity index (χ0n) is 16.9. The zero-order valence-corrected chi connectivity index (χ0v) is 17.7. The van der Waals surface area contributed by atoms with Crippen LogP contribution in [0.1, 0.15) is 37.7 Å². The fourth-order valence-corrected chi connectivity index (χ4v) is 5.02. The number of urea groups is 1. The number of hydrogen-bond donors (Lipinski definition) is 2. The summed E-state index contributed by atoms with van der Waals surface area (Å²) >= 11 is 0. The molecule has 1 aliphatic heterocycles. The standard InChI is InChI=1S/C21H28FN3O4S/c22-18-7-6-17(14-19(18)29-15-16-4-5-16)21(8-9-21)24-30(27,28)13-3-1-2-11-25-12-10-23-20(25)26/h1-2,6-7,14,16,24H,3-5,8-13,15H2,(H,23,26)/b2-1+. The quantitative estimate of drug-likeness (QED) is 0.521. The molecule has 30 heavy (non-hydrogen) atoms. The molecule has 0 atom stereocenters. The minimum Gasteiger partial charge on any atom is -0.490 e. The molecule has 2 amide bonds. The van der Waals surface area contributed by atoms with Crippen LogP contribution in [0.3, 0.4) is 0 Å². The second-order valence-electron chi connectivity index (χ2n) is 8.34. The van der Waals surface area contributed by atoms with E-state index in [0.717, 1.165) is 18.4 Å². The van der Waals surface area contributed by atoms with E-state index in [9.17, 15) is 17.6 Å². The predicted molar refractivity (Wildman–Crippen MR) is 111 cm³/mol. The Kier molecular flexibility index (Phi) is 6.02. The second-order valence-corrected chi connectivity index (χ2v) is 10.2. The molecule has 9 heteroatoms. The molecule has 0 spiro atoms. The third-order valence-electron chi connectivity index (χ3n) is 5.75. The summed E-state index contributed by atoms with van der Waals surface area (Å²) in [5.74, 6) is 0.243. The maximum absolute atomic E-state index is 14.1. The summed E-state index contributed by atoms with van der Waals surface area (Å²) in [6.07, 6.45) is 7.55. The Morgan fingerprint density at radius 1 is 1.30 bits per heavy atom. The van der Waals surface area contributed by atoms with Crippen LogP contribution in [0, 0.1) is 11.7 Å². The summed E-state index contributed by atoms with van der Waals surface area (Å²) in [7, 11) is -3.50. The van der Waals surface area contributed by atoms with Crippen LogP contribution in [0.25, 0.3) is 0 Å². The molecule has 1 heterocycles. The van der Waals surface area contributed by atoms with E-state index < -0.39 is 21.4 Å². The van der Waals surface area contributed by atoms with Crippen LogP contribution in [0.2, 0.25) is 0 Å². The SMILES string of the molecule is O=C1NCCN1C/C=C/CCS(=O)(=O)NC1(c2ccc(F)c(OCC3CC3)c2)CC1. The van der Waals surface area contributed by atoms with Gasteiger partial charge in [-0.15, -0.1) is 0 Å². The van der Waals surface area contributed by atoms with Gasteiger partial charge in [-0.2, -0.15) is 0 Å². The molecule has 2 saturated carbocycles. The normalized spacial score (nSPS) is 20.6. The number of sulfonamides is 1. The van der Waals surface area contributed by atoms with Crippen LogP contribution in [-0.2, 0) is 15.6 Å². The van der Waals surface area contributed by atoms with Crippen molar-refractivity contribution in [3.8, 4) is 5.75 Å². The van der Waals surface area contributed by atoms with Gasteiger partial charge in [0.25, 0.3) is 0 Å². The number of amides is 2. The van der Waals surface area contributed by atoms with Gasteiger partial charge in [0, 0.05) is 19.6 Å². The molecule has 3 aliphatic rings. The van der Waals surface area contributed by atoms with Crippen LogP contribution in [0.4, 0.5) is 9.18 Å². The van der Waals surface area contributed by atoms with E-state index in [1.165, 1.54) is 6.07 Å². The molecule has 0 radical (unpaired) electrons. The second kappa shape index (κ2) is 8.55. The number of nitrogens with zero attached hydrogens (tertiary/aromatic N) is 1. The molecule has 1 aromatic rings. The van der Waals surface area contributed by atoms with Gasteiger partial charge >= 0.3 is 6.03 Å². The predicted octanol–water partition coefficient (Wildman–Crippen LogP) is 2.49. The van der Waals surface area contributed by atoms with E-state index in [2.05, 4.69) is 10.0 Å². The van der Waals surface area contributed by atoms with Crippen LogP contribution in [0.5, 0.6) is 5.75 Å². The third kappa shape index (κ3) is 5.31. The van der Waals surface area contributed by atoms with Gasteiger partial charge in [-0.1, -0.05) is 18.2 Å². The van der Waals surface area contributed by atoms with Gasteiger partial charge < -0.3 is 15.0 Å². The van der Waals surface area contributed by atoms with Crippen molar-refractivity contribution in [2.24, 2.45) is 5.92 Å². The first-order chi connectivity index (χ1) is 14.4. The highest BCUT2D eigenvalue weighted by Crippen LogP contribution is 2.47. The Labute approximate surface area is 176 Å². The molecule has 0 bridgehead atoms. The van der Waals surface area contributed by atoms with Gasteiger partial charge in [-0.05, 0) is 55.7 Å². The van der Waals surface area contributed by atoms with Crippen molar-refractivity contribution in [1.82, 2.24) is 14.9 Å². The van der Waals surface area contributed by atoms with Crippen molar-refractivity contribution in [2.45, 2.75) is 37.6 Å². The maximum atomic E-state index is 14.1. The topological polar surface area (TPSA) is 87.7 Å². The first kappa shape index (κ1) is 21.1. The lowest BCUT2D eigenvalue weighted by atomic mass is 10.1. The number of rotatable bonds is 11. The molecule has 0 unspecified atom stereocenters. The van der Waals surface area contributed by atoms with E-state index in [0.29, 0.717) is 51.4 Å². The van der Waals surface area contributed by atoms with Gasteiger partial charge in [0.15, 0.2) is 11.6 Å². The molecule has 0 aromatic heterocycles. The summed E-state index contributed by atoms with van der Waals surface area (Å²) < 4.78 is 47.6. The number of nitrogens with one attached hydrogen (secondary N) is 2. The fourth-order valence-electron chi connectivity index (χ4n) is 3.56. The van der Waals surface area contributed by atoms with E-state index >= 15 is 0 Å². The number of halogens is 1. The third-order valence-corrected chi connectivity index (χ3v) is 7.22. The molecule has 164 valence electrons. The van der Waals surface area contributed by atoms with Crippen molar-refractivity contribution in [3.63, 3.8) is 0 Å². The van der Waals surface area contributed by atoms with Gasteiger partial charge in [-0.25, -0.2) is 22.3 Å². The molecule has 3 fully saturated rings. The lowest BCUT2D eigenvalue weighted by molar-refractivity contribution is 0.221. The number of carbonyl (C=O) groups excluding carboxylic acids is 1. The Bertz CT molecular complexity index is 926. The smallest absolute Gasteiger partial charge is 0.317 e. The molecule has 2 N–H and O–H groups in total. The van der Waals surface area contributed by atoms with Gasteiger partial charge in [0.1, 0.15) is 0 Å². The highest BCUT2D eigenvalue weighted by atomic mass is 32.2. The number of ether oxygens (including phenoxy) is 1. The summed E-state index contributed by atoms with van der Waals surface area (Å²) in [4.78, 5) is 13.1. The Morgan fingerprint density at radius 2 is 2.10 bits per heavy atom. The summed E-state index contributed by atoms with van der Waals surface area (Å²) in [6.45, 7) is 2.28. The van der Waals surface area contributed by atoms with Crippen LogP contribution in [-0.4, -0.2) is 51.3 Å². The minimum atomic E-state index is -3.50. The van der Waals surface area contributed by atoms with E-state index in [4.69, 9.17) is 4.74 Å². The average molecular weight is 438 g/mol. The van der Waals surface area contributed by atoms with Gasteiger partial charge in [-0.3, -0.25) is 0 Å². The Balaban J connectivity index is 1.31. The number of carbonyl (C=O) groups is 1. The molecule has 1 saturated heterocycles. The minimum absolute atomic E-state index is 0.0380. The van der Waals surface area contributed by atoms with Crippen molar-refractivity contribution in [1.29, 1.82) is 0 Å². The highest BCUT2D eigenvalue weighted by Gasteiger charge is 2.47. The lowest BCUT2D eigenvalue weighted by Gasteiger charge is -2.19.